The van der Waals surface area contributed by atoms with Crippen molar-refractivity contribution in [3.63, 3.8) is 0 Å². The topological polar surface area (TPSA) is 17.8 Å². The summed E-state index contributed by atoms with van der Waals surface area (Å²) >= 11 is 1.81. The van der Waals surface area contributed by atoms with Crippen molar-refractivity contribution in [3.05, 3.63) is 133 Å². The molecule has 8 aromatic rings. The molecule has 178 valence electrons. The number of nitrogens with zero attached hydrogens (tertiary/aromatic N) is 2. The van der Waals surface area contributed by atoms with E-state index in [-0.39, 0.29) is 0 Å². The van der Waals surface area contributed by atoms with Crippen LogP contribution in [0.1, 0.15) is 0 Å². The summed E-state index contributed by atoms with van der Waals surface area (Å²) in [6.07, 6.45) is 0. The molecule has 0 radical (unpaired) electrons. The highest BCUT2D eigenvalue weighted by molar-refractivity contribution is 7.25. The van der Waals surface area contributed by atoms with E-state index >= 15 is 0 Å². The lowest BCUT2D eigenvalue weighted by atomic mass is 10.0. The first kappa shape index (κ1) is 21.4. The van der Waals surface area contributed by atoms with Crippen LogP contribution in [0.2, 0.25) is 0 Å². The lowest BCUT2D eigenvalue weighted by molar-refractivity contribution is 1.18. The number of hydrogen-bond donors (Lipinski definition) is 0. The first-order valence-corrected chi connectivity index (χ1v) is 13.6. The molecule has 3 heterocycles. The smallest absolute Gasteiger partial charge is 0.0896 e. The van der Waals surface area contributed by atoms with Gasteiger partial charge >= 0.3 is 0 Å². The summed E-state index contributed by atoms with van der Waals surface area (Å²) in [7, 11) is 0. The molecule has 2 nitrogen and oxygen atoms in total. The average molecular weight is 503 g/mol. The zero-order valence-corrected chi connectivity index (χ0v) is 21.3. The van der Waals surface area contributed by atoms with E-state index in [1.165, 1.54) is 47.7 Å². The van der Waals surface area contributed by atoms with Crippen molar-refractivity contribution >= 4 is 53.4 Å². The molecule has 0 fully saturated rings. The highest BCUT2D eigenvalue weighted by Gasteiger charge is 2.14. The van der Waals surface area contributed by atoms with Crippen molar-refractivity contribution in [1.82, 2.24) is 9.55 Å². The molecule has 5 aromatic carbocycles. The number of para-hydroxylation sites is 2. The average Bonchev–Trinajstić information content (AvgIpc) is 3.52. The SMILES string of the molecule is c1ccc(-c2ccc3sc4ccc(-c5cccc(-n6c7ccccc7c7ccccc76)c5)nc4c3c2)cc1. The highest BCUT2D eigenvalue weighted by Crippen LogP contribution is 2.37. The number of pyridine rings is 1. The Bertz CT molecular complexity index is 2080. The van der Waals surface area contributed by atoms with Crippen LogP contribution in [0.4, 0.5) is 0 Å². The maximum atomic E-state index is 5.22. The van der Waals surface area contributed by atoms with Crippen LogP contribution in [0.5, 0.6) is 0 Å². The molecule has 0 bridgehead atoms. The van der Waals surface area contributed by atoms with E-state index in [1.807, 2.05) is 0 Å². The number of rotatable bonds is 3. The van der Waals surface area contributed by atoms with Gasteiger partial charge in [0.1, 0.15) is 0 Å². The molecule has 0 amide bonds. The van der Waals surface area contributed by atoms with Crippen LogP contribution in [0.3, 0.4) is 0 Å². The van der Waals surface area contributed by atoms with Crippen molar-refractivity contribution in [2.75, 3.05) is 0 Å². The second kappa shape index (κ2) is 8.41. The number of fused-ring (bicyclic) bond motifs is 6. The van der Waals surface area contributed by atoms with E-state index in [1.54, 1.807) is 11.3 Å². The third-order valence-corrected chi connectivity index (χ3v) is 8.53. The van der Waals surface area contributed by atoms with Gasteiger partial charge in [0.15, 0.2) is 0 Å². The van der Waals surface area contributed by atoms with Crippen LogP contribution in [-0.4, -0.2) is 9.55 Å². The van der Waals surface area contributed by atoms with Gasteiger partial charge < -0.3 is 4.57 Å². The van der Waals surface area contributed by atoms with Crippen molar-refractivity contribution in [1.29, 1.82) is 0 Å². The van der Waals surface area contributed by atoms with E-state index in [9.17, 15) is 0 Å². The van der Waals surface area contributed by atoms with E-state index in [0.717, 1.165) is 22.5 Å². The highest BCUT2D eigenvalue weighted by atomic mass is 32.1. The summed E-state index contributed by atoms with van der Waals surface area (Å²) in [5.41, 5.74) is 9.20. The van der Waals surface area contributed by atoms with Crippen molar-refractivity contribution < 1.29 is 0 Å². The zero-order valence-electron chi connectivity index (χ0n) is 20.5. The second-order valence-corrected chi connectivity index (χ2v) is 10.7. The predicted octanol–water partition coefficient (Wildman–Crippen LogP) is 9.88. The third kappa shape index (κ3) is 3.29. The van der Waals surface area contributed by atoms with Crippen molar-refractivity contribution in [3.8, 4) is 28.1 Å². The molecule has 0 atom stereocenters. The van der Waals surface area contributed by atoms with Gasteiger partial charge in [0, 0.05) is 32.1 Å². The minimum absolute atomic E-state index is 0.991. The molecule has 0 aliphatic carbocycles. The van der Waals surface area contributed by atoms with E-state index in [2.05, 4.69) is 138 Å². The van der Waals surface area contributed by atoms with Crippen LogP contribution in [0.15, 0.2) is 133 Å². The summed E-state index contributed by atoms with van der Waals surface area (Å²) in [6.45, 7) is 0. The molecule has 0 aliphatic rings. The molecule has 0 aliphatic heterocycles. The molecule has 0 unspecified atom stereocenters. The first-order chi connectivity index (χ1) is 18.8. The number of thiophene rings is 1. The Morgan fingerprint density at radius 1 is 0.474 bits per heavy atom. The largest absolute Gasteiger partial charge is 0.309 e. The Labute approximate surface area is 224 Å². The third-order valence-electron chi connectivity index (χ3n) is 7.40. The number of hydrogen-bond acceptors (Lipinski definition) is 2. The monoisotopic (exact) mass is 502 g/mol. The van der Waals surface area contributed by atoms with Gasteiger partial charge in [0.25, 0.3) is 0 Å². The fourth-order valence-corrected chi connectivity index (χ4v) is 6.65. The molecule has 3 aromatic heterocycles. The molecular weight excluding hydrogens is 480 g/mol. The Morgan fingerprint density at radius 3 is 1.95 bits per heavy atom. The lowest BCUT2D eigenvalue weighted by Gasteiger charge is -2.10. The van der Waals surface area contributed by atoms with Gasteiger partial charge in [0.2, 0.25) is 0 Å². The maximum absolute atomic E-state index is 5.22. The Hall–Kier alpha value is -4.73. The first-order valence-electron chi connectivity index (χ1n) is 12.8. The van der Waals surface area contributed by atoms with Gasteiger partial charge in [-0.1, -0.05) is 84.9 Å². The molecular formula is C35H22N2S. The normalized spacial score (nSPS) is 11.7. The lowest BCUT2D eigenvalue weighted by Crippen LogP contribution is -1.94. The number of aromatic nitrogens is 2. The van der Waals surface area contributed by atoms with Crippen molar-refractivity contribution in [2.24, 2.45) is 0 Å². The standard InChI is InChI=1S/C35H22N2S/c1-2-9-23(10-3-1)24-17-19-33-29(22-24)35-34(38-33)20-18-30(36-35)25-11-8-12-26(21-25)37-31-15-6-4-13-27(31)28-14-5-7-16-32(28)37/h1-22H. The van der Waals surface area contributed by atoms with Crippen LogP contribution >= 0.6 is 11.3 Å². The zero-order chi connectivity index (χ0) is 25.1. The van der Waals surface area contributed by atoms with Crippen LogP contribution in [-0.2, 0) is 0 Å². The van der Waals surface area contributed by atoms with Gasteiger partial charge in [-0.2, -0.15) is 0 Å². The summed E-state index contributed by atoms with van der Waals surface area (Å²) in [5, 5.41) is 3.76. The minimum atomic E-state index is 0.991. The van der Waals surface area contributed by atoms with Gasteiger partial charge in [0.05, 0.1) is 26.9 Å². The molecule has 0 spiro atoms. The van der Waals surface area contributed by atoms with Gasteiger partial charge in [-0.15, -0.1) is 11.3 Å². The maximum Gasteiger partial charge on any atom is 0.0896 e. The molecule has 0 saturated carbocycles. The van der Waals surface area contributed by atoms with Crippen LogP contribution in [0, 0.1) is 0 Å². The fraction of sp³-hybridized carbons (Fsp3) is 0. The number of benzene rings is 5. The summed E-state index contributed by atoms with van der Waals surface area (Å²) in [5.74, 6) is 0. The fourth-order valence-electron chi connectivity index (χ4n) is 5.62. The summed E-state index contributed by atoms with van der Waals surface area (Å²) in [6, 6.07) is 47.7. The predicted molar refractivity (Wildman–Crippen MR) is 162 cm³/mol. The molecule has 8 rings (SSSR count). The molecule has 3 heteroatoms. The second-order valence-electron chi connectivity index (χ2n) is 9.64. The van der Waals surface area contributed by atoms with Gasteiger partial charge in [-0.3, -0.25) is 0 Å². The van der Waals surface area contributed by atoms with E-state index < -0.39 is 0 Å². The van der Waals surface area contributed by atoms with E-state index in [4.69, 9.17) is 4.98 Å². The minimum Gasteiger partial charge on any atom is -0.309 e. The van der Waals surface area contributed by atoms with E-state index in [0.29, 0.717) is 0 Å². The summed E-state index contributed by atoms with van der Waals surface area (Å²) < 4.78 is 4.84. The molecule has 38 heavy (non-hydrogen) atoms. The van der Waals surface area contributed by atoms with Gasteiger partial charge in [-0.05, 0) is 59.7 Å². The van der Waals surface area contributed by atoms with Crippen molar-refractivity contribution in [2.45, 2.75) is 0 Å². The Kier molecular flexibility index (Phi) is 4.73. The summed E-state index contributed by atoms with van der Waals surface area (Å²) in [4.78, 5) is 5.22. The Balaban J connectivity index is 1.30. The Morgan fingerprint density at radius 2 is 1.16 bits per heavy atom. The molecule has 0 saturated heterocycles. The van der Waals surface area contributed by atoms with Crippen LogP contribution < -0.4 is 0 Å². The van der Waals surface area contributed by atoms with Crippen LogP contribution in [0.25, 0.3) is 70.2 Å². The quantitative estimate of drug-likeness (QED) is 0.235. The molecule has 0 N–H and O–H groups in total. The van der Waals surface area contributed by atoms with Gasteiger partial charge in [-0.25, -0.2) is 4.98 Å².